The van der Waals surface area contributed by atoms with Crippen LogP contribution in [-0.2, 0) is 18.7 Å². The van der Waals surface area contributed by atoms with Crippen molar-refractivity contribution >= 4 is 14.3 Å². The Morgan fingerprint density at radius 3 is 2.46 bits per heavy atom. The molecule has 4 nitrogen and oxygen atoms in total. The van der Waals surface area contributed by atoms with Crippen LogP contribution in [0.25, 0.3) is 0 Å². The standard InChI is InChI=1S/C19H34O4Si/c1-9-10-11-12-13-14-16-19(22-16,17(20)21-6)15(2)23-24(7,8)18(3,4)5/h13-14,16H,2,9-12H2,1,3-8H3/b14-13+/t16-,19-/m0/s1. The molecule has 0 aromatic rings. The number of hydrogen-bond donors (Lipinski definition) is 0. The second-order valence-corrected chi connectivity index (χ2v) is 12.7. The van der Waals surface area contributed by atoms with E-state index in [4.69, 9.17) is 13.9 Å². The summed E-state index contributed by atoms with van der Waals surface area (Å²) in [5.41, 5.74) is -1.18. The maximum Gasteiger partial charge on any atom is 0.349 e. The molecule has 0 bridgehead atoms. The van der Waals surface area contributed by atoms with Gasteiger partial charge in [0.15, 0.2) is 0 Å². The van der Waals surface area contributed by atoms with Gasteiger partial charge in [-0.15, -0.1) is 0 Å². The number of allylic oxidation sites excluding steroid dienone is 1. The third-order valence-electron chi connectivity index (χ3n) is 5.03. The Labute approximate surface area is 148 Å². The molecular formula is C19H34O4Si. The minimum atomic E-state index is -2.09. The molecule has 0 radical (unpaired) electrons. The summed E-state index contributed by atoms with van der Waals surface area (Å²) in [6.07, 6.45) is 8.20. The van der Waals surface area contributed by atoms with E-state index in [0.717, 1.165) is 12.8 Å². The number of esters is 1. The van der Waals surface area contributed by atoms with Crippen molar-refractivity contribution < 1.29 is 18.7 Å². The van der Waals surface area contributed by atoms with Crippen molar-refractivity contribution in [3.05, 3.63) is 24.5 Å². The molecule has 1 saturated heterocycles. The van der Waals surface area contributed by atoms with Crippen molar-refractivity contribution in [2.45, 2.75) is 83.2 Å². The van der Waals surface area contributed by atoms with E-state index in [1.165, 1.54) is 20.0 Å². The van der Waals surface area contributed by atoms with Gasteiger partial charge in [-0.3, -0.25) is 0 Å². The molecule has 1 aliphatic rings. The first-order valence-electron chi connectivity index (χ1n) is 8.84. The van der Waals surface area contributed by atoms with Gasteiger partial charge in [0, 0.05) is 0 Å². The maximum atomic E-state index is 12.3. The largest absolute Gasteiger partial charge is 0.544 e. The third kappa shape index (κ3) is 4.51. The lowest BCUT2D eigenvalue weighted by Crippen LogP contribution is -2.44. The molecule has 0 saturated carbocycles. The highest BCUT2D eigenvalue weighted by Crippen LogP contribution is 2.48. The molecule has 0 amide bonds. The monoisotopic (exact) mass is 354 g/mol. The zero-order chi connectivity index (χ0) is 18.6. The molecule has 0 aliphatic carbocycles. The van der Waals surface area contributed by atoms with Crippen LogP contribution in [0.4, 0.5) is 0 Å². The minimum Gasteiger partial charge on any atom is -0.544 e. The SMILES string of the molecule is C=C(O[Si](C)(C)C(C)(C)C)[C@]1(C(=O)OC)O[C@H]1/C=C/CCCCC. The Balaban J connectivity index is 2.81. The number of hydrogen-bond acceptors (Lipinski definition) is 4. The van der Waals surface area contributed by atoms with Gasteiger partial charge >= 0.3 is 5.97 Å². The summed E-state index contributed by atoms with van der Waals surface area (Å²) in [5.74, 6) is -0.0569. The van der Waals surface area contributed by atoms with Crippen LogP contribution >= 0.6 is 0 Å². The first kappa shape index (κ1) is 21.0. The number of ether oxygens (including phenoxy) is 2. The molecule has 1 fully saturated rings. The lowest BCUT2D eigenvalue weighted by atomic mass is 10.0. The highest BCUT2D eigenvalue weighted by molar-refractivity contribution is 6.74. The van der Waals surface area contributed by atoms with Gasteiger partial charge in [-0.25, -0.2) is 4.79 Å². The first-order valence-corrected chi connectivity index (χ1v) is 11.7. The van der Waals surface area contributed by atoms with Crippen molar-refractivity contribution in [2.24, 2.45) is 0 Å². The van der Waals surface area contributed by atoms with Crippen LogP contribution in [0.1, 0.15) is 53.4 Å². The fourth-order valence-electron chi connectivity index (χ4n) is 2.26. The van der Waals surface area contributed by atoms with E-state index < -0.39 is 19.9 Å². The fraction of sp³-hybridized carbons (Fsp3) is 0.737. The second-order valence-electron chi connectivity index (χ2n) is 7.98. The van der Waals surface area contributed by atoms with Crippen molar-refractivity contribution in [1.82, 2.24) is 0 Å². The molecule has 1 heterocycles. The summed E-state index contributed by atoms with van der Waals surface area (Å²) in [6.45, 7) is 16.9. The van der Waals surface area contributed by atoms with Crippen LogP contribution in [0.5, 0.6) is 0 Å². The third-order valence-corrected chi connectivity index (χ3v) is 9.40. The molecular weight excluding hydrogens is 320 g/mol. The molecule has 0 spiro atoms. The average molecular weight is 355 g/mol. The lowest BCUT2D eigenvalue weighted by molar-refractivity contribution is -0.146. The predicted octanol–water partition coefficient (Wildman–Crippen LogP) is 4.97. The van der Waals surface area contributed by atoms with Gasteiger partial charge in [0.2, 0.25) is 8.32 Å². The van der Waals surface area contributed by atoms with Crippen molar-refractivity contribution in [1.29, 1.82) is 0 Å². The van der Waals surface area contributed by atoms with Crippen LogP contribution in [0, 0.1) is 0 Å². The van der Waals surface area contributed by atoms with Gasteiger partial charge < -0.3 is 13.9 Å². The molecule has 1 aliphatic heterocycles. The quantitative estimate of drug-likeness (QED) is 0.146. The first-order chi connectivity index (χ1) is 11.0. The van der Waals surface area contributed by atoms with E-state index in [9.17, 15) is 4.79 Å². The highest BCUT2D eigenvalue weighted by atomic mass is 28.4. The van der Waals surface area contributed by atoms with Gasteiger partial charge in [-0.1, -0.05) is 59.3 Å². The lowest BCUT2D eigenvalue weighted by Gasteiger charge is -2.37. The number of epoxide rings is 1. The molecule has 24 heavy (non-hydrogen) atoms. The Hall–Kier alpha value is -1.07. The summed E-state index contributed by atoms with van der Waals surface area (Å²) in [7, 11) is -0.718. The van der Waals surface area contributed by atoms with E-state index in [-0.39, 0.29) is 11.1 Å². The normalized spacial score (nSPS) is 24.0. The summed E-state index contributed by atoms with van der Waals surface area (Å²) in [5, 5.41) is 0.0215. The average Bonchev–Trinajstić information content (AvgIpc) is 3.20. The number of methoxy groups -OCH3 is 1. The Morgan fingerprint density at radius 2 is 1.96 bits per heavy atom. The van der Waals surface area contributed by atoms with Crippen LogP contribution < -0.4 is 0 Å². The molecule has 0 aromatic carbocycles. The van der Waals surface area contributed by atoms with Gasteiger partial charge in [0.05, 0.1) is 7.11 Å². The molecule has 0 aromatic heterocycles. The molecule has 0 N–H and O–H groups in total. The highest BCUT2D eigenvalue weighted by Gasteiger charge is 2.67. The number of rotatable bonds is 9. The van der Waals surface area contributed by atoms with E-state index in [2.05, 4.69) is 53.4 Å². The summed E-state index contributed by atoms with van der Waals surface area (Å²) in [4.78, 5) is 12.3. The van der Waals surface area contributed by atoms with Crippen molar-refractivity contribution in [2.75, 3.05) is 7.11 Å². The van der Waals surface area contributed by atoms with E-state index in [1.54, 1.807) is 0 Å². The Bertz CT molecular complexity index is 490. The second kappa shape index (κ2) is 7.87. The minimum absolute atomic E-state index is 0.0215. The summed E-state index contributed by atoms with van der Waals surface area (Å²) in [6, 6.07) is 0. The van der Waals surface area contributed by atoms with Gasteiger partial charge in [-0.2, -0.15) is 0 Å². The topological polar surface area (TPSA) is 48.1 Å². The van der Waals surface area contributed by atoms with Crippen molar-refractivity contribution in [3.63, 3.8) is 0 Å². The molecule has 0 unspecified atom stereocenters. The fourth-order valence-corrected chi connectivity index (χ4v) is 3.34. The van der Waals surface area contributed by atoms with Crippen LogP contribution in [0.2, 0.25) is 18.1 Å². The predicted molar refractivity (Wildman–Crippen MR) is 100 cm³/mol. The molecule has 1 rings (SSSR count). The van der Waals surface area contributed by atoms with Gasteiger partial charge in [0.25, 0.3) is 5.60 Å². The van der Waals surface area contributed by atoms with Crippen molar-refractivity contribution in [3.8, 4) is 0 Å². The van der Waals surface area contributed by atoms with E-state index in [0.29, 0.717) is 5.76 Å². The summed E-state index contributed by atoms with van der Waals surface area (Å²) >= 11 is 0. The van der Waals surface area contributed by atoms with E-state index >= 15 is 0 Å². The van der Waals surface area contributed by atoms with Gasteiger partial charge in [0.1, 0.15) is 11.9 Å². The Morgan fingerprint density at radius 1 is 1.33 bits per heavy atom. The van der Waals surface area contributed by atoms with Crippen LogP contribution in [-0.4, -0.2) is 33.1 Å². The number of unbranched alkanes of at least 4 members (excludes halogenated alkanes) is 3. The smallest absolute Gasteiger partial charge is 0.349 e. The number of carbonyl (C=O) groups excluding carboxylic acids is 1. The Kier molecular flexibility index (Phi) is 6.88. The van der Waals surface area contributed by atoms with E-state index in [1.807, 2.05) is 6.08 Å². The zero-order valence-corrected chi connectivity index (χ0v) is 17.4. The number of carbonyl (C=O) groups is 1. The zero-order valence-electron chi connectivity index (χ0n) is 16.4. The molecule has 5 heteroatoms. The van der Waals surface area contributed by atoms with Crippen LogP contribution in [0.15, 0.2) is 24.5 Å². The maximum absolute atomic E-state index is 12.3. The van der Waals surface area contributed by atoms with Gasteiger partial charge in [-0.05, 0) is 31.0 Å². The molecule has 138 valence electrons. The van der Waals surface area contributed by atoms with Crippen LogP contribution in [0.3, 0.4) is 0 Å². The summed E-state index contributed by atoms with van der Waals surface area (Å²) < 4.78 is 16.9. The molecule has 2 atom stereocenters.